The molecule has 2 aromatic heterocycles. The Bertz CT molecular complexity index is 1060. The average molecular weight is 351 g/mol. The van der Waals surface area contributed by atoms with E-state index >= 15 is 0 Å². The van der Waals surface area contributed by atoms with Crippen LogP contribution in [0, 0.1) is 0 Å². The van der Waals surface area contributed by atoms with Crippen LogP contribution in [0.3, 0.4) is 0 Å². The van der Waals surface area contributed by atoms with Gasteiger partial charge in [0.25, 0.3) is 0 Å². The summed E-state index contributed by atoms with van der Waals surface area (Å²) in [5, 5.41) is 0. The average Bonchev–Trinajstić information content (AvgIpc) is 3.13. The standard InChI is InChI=1S/C19H17N3O2S/c1-2-24-18(23)10-12-3-8-16-17(9-12)25-19-21-15(11-22(16)19)13-4-6-14(20)7-5-13/h3-9,11H,2,10,20H2,1H3. The number of nitrogen functional groups attached to an aromatic ring is 1. The molecule has 0 bridgehead atoms. The van der Waals surface area contributed by atoms with Crippen LogP contribution in [0.1, 0.15) is 12.5 Å². The quantitative estimate of drug-likeness (QED) is 0.447. The molecule has 0 amide bonds. The normalized spacial score (nSPS) is 11.2. The van der Waals surface area contributed by atoms with Gasteiger partial charge in [-0.3, -0.25) is 9.20 Å². The lowest BCUT2D eigenvalue weighted by molar-refractivity contribution is -0.142. The number of carbonyl (C=O) groups is 1. The van der Waals surface area contributed by atoms with E-state index in [1.54, 1.807) is 11.3 Å². The zero-order valence-electron chi connectivity index (χ0n) is 13.7. The molecule has 0 spiro atoms. The minimum Gasteiger partial charge on any atom is -0.466 e. The molecular weight excluding hydrogens is 334 g/mol. The van der Waals surface area contributed by atoms with E-state index < -0.39 is 0 Å². The van der Waals surface area contributed by atoms with Crippen LogP contribution in [0.5, 0.6) is 0 Å². The number of anilines is 1. The monoisotopic (exact) mass is 351 g/mol. The second-order valence-electron chi connectivity index (χ2n) is 5.79. The van der Waals surface area contributed by atoms with Gasteiger partial charge in [0.05, 0.1) is 28.9 Å². The van der Waals surface area contributed by atoms with Gasteiger partial charge in [-0.15, -0.1) is 0 Å². The van der Waals surface area contributed by atoms with Gasteiger partial charge >= 0.3 is 5.97 Å². The van der Waals surface area contributed by atoms with Crippen LogP contribution >= 0.6 is 11.3 Å². The predicted octanol–water partition coefficient (Wildman–Crippen LogP) is 3.90. The lowest BCUT2D eigenvalue weighted by atomic mass is 10.1. The fourth-order valence-electron chi connectivity index (χ4n) is 2.83. The van der Waals surface area contributed by atoms with Gasteiger partial charge < -0.3 is 10.5 Å². The number of thiazole rings is 1. The summed E-state index contributed by atoms with van der Waals surface area (Å²) in [6.07, 6.45) is 2.32. The second kappa shape index (κ2) is 6.22. The number of hydrogen-bond donors (Lipinski definition) is 1. The lowest BCUT2D eigenvalue weighted by Gasteiger charge is -2.02. The van der Waals surface area contributed by atoms with Crippen molar-refractivity contribution in [1.82, 2.24) is 9.38 Å². The predicted molar refractivity (Wildman–Crippen MR) is 101 cm³/mol. The number of fused-ring (bicyclic) bond motifs is 3. The molecule has 5 nitrogen and oxygen atoms in total. The number of ether oxygens (including phenoxy) is 1. The zero-order chi connectivity index (χ0) is 17.4. The van der Waals surface area contributed by atoms with E-state index in [4.69, 9.17) is 15.5 Å². The molecule has 25 heavy (non-hydrogen) atoms. The molecule has 0 unspecified atom stereocenters. The fraction of sp³-hybridized carbons (Fsp3) is 0.158. The van der Waals surface area contributed by atoms with Crippen LogP contribution in [0.2, 0.25) is 0 Å². The maximum atomic E-state index is 11.7. The van der Waals surface area contributed by atoms with E-state index in [1.165, 1.54) is 0 Å². The number of nitrogens with two attached hydrogens (primary N) is 1. The van der Waals surface area contributed by atoms with Crippen LogP contribution in [-0.2, 0) is 16.0 Å². The van der Waals surface area contributed by atoms with Gasteiger partial charge in [-0.1, -0.05) is 29.5 Å². The largest absolute Gasteiger partial charge is 0.466 e. The molecule has 0 radical (unpaired) electrons. The van der Waals surface area contributed by atoms with E-state index in [2.05, 4.69) is 4.40 Å². The van der Waals surface area contributed by atoms with Gasteiger partial charge in [-0.2, -0.15) is 0 Å². The Morgan fingerprint density at radius 3 is 2.80 bits per heavy atom. The van der Waals surface area contributed by atoms with Crippen molar-refractivity contribution in [2.24, 2.45) is 0 Å². The van der Waals surface area contributed by atoms with Crippen LogP contribution in [0.15, 0.2) is 48.7 Å². The van der Waals surface area contributed by atoms with Gasteiger partial charge in [0.15, 0.2) is 4.96 Å². The molecule has 0 aliphatic carbocycles. The highest BCUT2D eigenvalue weighted by atomic mass is 32.1. The third-order valence-corrected chi connectivity index (χ3v) is 5.04. The number of aromatic nitrogens is 2. The summed E-state index contributed by atoms with van der Waals surface area (Å²) >= 11 is 1.61. The summed E-state index contributed by atoms with van der Waals surface area (Å²) in [5.74, 6) is -0.200. The maximum Gasteiger partial charge on any atom is 0.310 e. The molecule has 0 aliphatic rings. The van der Waals surface area contributed by atoms with Crippen molar-refractivity contribution in [3.8, 4) is 11.3 Å². The topological polar surface area (TPSA) is 69.6 Å². The third kappa shape index (κ3) is 2.96. The van der Waals surface area contributed by atoms with E-state index in [0.29, 0.717) is 13.0 Å². The van der Waals surface area contributed by atoms with E-state index in [0.717, 1.165) is 37.7 Å². The Morgan fingerprint density at radius 2 is 2.04 bits per heavy atom. The Hall–Kier alpha value is -2.86. The highest BCUT2D eigenvalue weighted by Crippen LogP contribution is 2.30. The number of carbonyl (C=O) groups excluding carboxylic acids is 1. The number of nitrogens with zero attached hydrogens (tertiary/aromatic N) is 2. The van der Waals surface area contributed by atoms with Gasteiger partial charge in [-0.25, -0.2) is 4.98 Å². The maximum absolute atomic E-state index is 11.7. The molecular formula is C19H17N3O2S. The number of rotatable bonds is 4. The number of hydrogen-bond acceptors (Lipinski definition) is 5. The zero-order valence-corrected chi connectivity index (χ0v) is 14.5. The first-order valence-corrected chi connectivity index (χ1v) is 8.88. The Labute approximate surface area is 148 Å². The van der Waals surface area contributed by atoms with E-state index in [1.807, 2.05) is 55.6 Å². The molecule has 0 saturated carbocycles. The molecule has 2 aromatic carbocycles. The van der Waals surface area contributed by atoms with Gasteiger partial charge in [0, 0.05) is 17.4 Å². The third-order valence-electron chi connectivity index (χ3n) is 4.02. The van der Waals surface area contributed by atoms with Crippen molar-refractivity contribution in [1.29, 1.82) is 0 Å². The van der Waals surface area contributed by atoms with Crippen molar-refractivity contribution in [2.45, 2.75) is 13.3 Å². The molecule has 0 fully saturated rings. The van der Waals surface area contributed by atoms with Crippen LogP contribution in [0.25, 0.3) is 26.4 Å². The second-order valence-corrected chi connectivity index (χ2v) is 6.80. The minimum absolute atomic E-state index is 0.200. The Morgan fingerprint density at radius 1 is 1.24 bits per heavy atom. The first-order valence-electron chi connectivity index (χ1n) is 8.06. The van der Waals surface area contributed by atoms with Crippen molar-refractivity contribution in [2.75, 3.05) is 12.3 Å². The van der Waals surface area contributed by atoms with Crippen LogP contribution in [-0.4, -0.2) is 22.0 Å². The molecule has 2 heterocycles. The summed E-state index contributed by atoms with van der Waals surface area (Å²) < 4.78 is 8.20. The summed E-state index contributed by atoms with van der Waals surface area (Å²) in [6, 6.07) is 13.7. The molecule has 0 aliphatic heterocycles. The van der Waals surface area contributed by atoms with Crippen molar-refractivity contribution in [3.05, 3.63) is 54.2 Å². The van der Waals surface area contributed by atoms with Crippen molar-refractivity contribution in [3.63, 3.8) is 0 Å². The molecule has 0 saturated heterocycles. The van der Waals surface area contributed by atoms with Crippen molar-refractivity contribution >= 4 is 38.2 Å². The highest BCUT2D eigenvalue weighted by Gasteiger charge is 2.12. The number of benzene rings is 2. The Balaban J connectivity index is 1.70. The van der Waals surface area contributed by atoms with Crippen molar-refractivity contribution < 1.29 is 9.53 Å². The lowest BCUT2D eigenvalue weighted by Crippen LogP contribution is -2.07. The van der Waals surface area contributed by atoms with Crippen LogP contribution < -0.4 is 5.73 Å². The van der Waals surface area contributed by atoms with E-state index in [9.17, 15) is 4.79 Å². The summed E-state index contributed by atoms with van der Waals surface area (Å²) in [5.41, 5.74) is 10.5. The molecule has 0 atom stereocenters. The number of esters is 1. The fourth-order valence-corrected chi connectivity index (χ4v) is 3.90. The summed E-state index contributed by atoms with van der Waals surface area (Å²) in [6.45, 7) is 2.22. The Kier molecular flexibility index (Phi) is 3.89. The van der Waals surface area contributed by atoms with Crippen LogP contribution in [0.4, 0.5) is 5.69 Å². The van der Waals surface area contributed by atoms with Gasteiger partial charge in [0.1, 0.15) is 0 Å². The summed E-state index contributed by atoms with van der Waals surface area (Å²) in [7, 11) is 0. The minimum atomic E-state index is -0.200. The molecule has 126 valence electrons. The van der Waals surface area contributed by atoms with Gasteiger partial charge in [0.2, 0.25) is 0 Å². The first kappa shape index (κ1) is 15.7. The highest BCUT2D eigenvalue weighted by molar-refractivity contribution is 7.23. The molecule has 4 aromatic rings. The summed E-state index contributed by atoms with van der Waals surface area (Å²) in [4.78, 5) is 17.3. The van der Waals surface area contributed by atoms with Gasteiger partial charge in [-0.05, 0) is 36.8 Å². The molecule has 2 N–H and O–H groups in total. The first-order chi connectivity index (χ1) is 12.1. The molecule has 6 heteroatoms. The number of imidazole rings is 1. The van der Waals surface area contributed by atoms with E-state index in [-0.39, 0.29) is 5.97 Å². The smallest absolute Gasteiger partial charge is 0.310 e. The molecule has 4 rings (SSSR count). The SMILES string of the molecule is CCOC(=O)Cc1ccc2c(c1)sc1nc(-c3ccc(N)cc3)cn12.